The van der Waals surface area contributed by atoms with E-state index >= 15 is 0 Å². The number of benzene rings is 2. The van der Waals surface area contributed by atoms with E-state index < -0.39 is 15.9 Å². The molecule has 0 spiro atoms. The highest BCUT2D eigenvalue weighted by molar-refractivity contribution is 7.92. The second-order valence-corrected chi connectivity index (χ2v) is 7.47. The van der Waals surface area contributed by atoms with E-state index in [0.29, 0.717) is 11.4 Å². The summed E-state index contributed by atoms with van der Waals surface area (Å²) in [6.45, 7) is 1.35. The first-order chi connectivity index (χ1) is 13.3. The molecule has 0 aliphatic carbocycles. The van der Waals surface area contributed by atoms with Crippen molar-refractivity contribution in [2.45, 2.75) is 11.8 Å². The lowest BCUT2D eigenvalue weighted by Crippen LogP contribution is -2.18. The van der Waals surface area contributed by atoms with Gasteiger partial charge in [-0.2, -0.15) is 5.10 Å². The Balaban J connectivity index is 1.77. The lowest BCUT2D eigenvalue weighted by atomic mass is 10.3. The van der Waals surface area contributed by atoms with Crippen molar-refractivity contribution in [3.63, 3.8) is 0 Å². The summed E-state index contributed by atoms with van der Waals surface area (Å²) in [4.78, 5) is 23.4. The number of nitrogens with zero attached hydrogens (tertiary/aromatic N) is 1. The minimum atomic E-state index is -3.96. The standard InChI is InChI=1S/C18H17N5O4S/c1-12(24)20-14-7-9-15(10-8-14)28(26,27)23-16-11-19-22-17(16)18(25)21-13-5-3-2-4-6-13/h2-11,23H,1H3,(H,19,22)(H,20,24)(H,21,25). The lowest BCUT2D eigenvalue weighted by Gasteiger charge is -2.09. The first-order valence-corrected chi connectivity index (χ1v) is 9.64. The summed E-state index contributed by atoms with van der Waals surface area (Å²) in [5.41, 5.74) is 1.02. The van der Waals surface area contributed by atoms with Crippen molar-refractivity contribution >= 4 is 38.9 Å². The Morgan fingerprint density at radius 3 is 2.21 bits per heavy atom. The van der Waals surface area contributed by atoms with Crippen molar-refractivity contribution in [3.8, 4) is 0 Å². The molecule has 0 saturated heterocycles. The van der Waals surface area contributed by atoms with E-state index in [1.807, 2.05) is 6.07 Å². The Bertz CT molecular complexity index is 1090. The predicted molar refractivity (Wildman–Crippen MR) is 105 cm³/mol. The SMILES string of the molecule is CC(=O)Nc1ccc(S(=O)(=O)Nc2cn[nH]c2C(=O)Nc2ccccc2)cc1. The van der Waals surface area contributed by atoms with E-state index in [1.54, 1.807) is 24.3 Å². The van der Waals surface area contributed by atoms with Crippen LogP contribution in [0.1, 0.15) is 17.4 Å². The maximum absolute atomic E-state index is 12.6. The smallest absolute Gasteiger partial charge is 0.275 e. The van der Waals surface area contributed by atoms with Gasteiger partial charge < -0.3 is 10.6 Å². The van der Waals surface area contributed by atoms with E-state index in [2.05, 4.69) is 25.6 Å². The first-order valence-electron chi connectivity index (χ1n) is 8.15. The summed E-state index contributed by atoms with van der Waals surface area (Å²) in [5.74, 6) is -0.802. The number of anilines is 3. The molecule has 1 aromatic heterocycles. The predicted octanol–water partition coefficient (Wildman–Crippen LogP) is 2.42. The van der Waals surface area contributed by atoms with Crippen molar-refractivity contribution < 1.29 is 18.0 Å². The van der Waals surface area contributed by atoms with E-state index in [1.165, 1.54) is 37.4 Å². The Morgan fingerprint density at radius 1 is 0.929 bits per heavy atom. The topological polar surface area (TPSA) is 133 Å². The van der Waals surface area contributed by atoms with Gasteiger partial charge in [0.25, 0.3) is 15.9 Å². The maximum Gasteiger partial charge on any atom is 0.275 e. The average molecular weight is 399 g/mol. The average Bonchev–Trinajstić information content (AvgIpc) is 3.10. The Kier molecular flexibility index (Phi) is 5.41. The molecule has 9 nitrogen and oxygen atoms in total. The second-order valence-electron chi connectivity index (χ2n) is 5.79. The molecule has 0 unspecified atom stereocenters. The third-order valence-electron chi connectivity index (χ3n) is 3.63. The number of carbonyl (C=O) groups is 2. The third-order valence-corrected chi connectivity index (χ3v) is 5.01. The third kappa shape index (κ3) is 4.54. The first kappa shape index (κ1) is 19.1. The molecule has 2 amide bonds. The number of hydrogen-bond donors (Lipinski definition) is 4. The van der Waals surface area contributed by atoms with Crippen LogP contribution in [0.4, 0.5) is 17.1 Å². The molecule has 144 valence electrons. The van der Waals surface area contributed by atoms with Crippen LogP contribution in [-0.2, 0) is 14.8 Å². The maximum atomic E-state index is 12.6. The Morgan fingerprint density at radius 2 is 1.57 bits per heavy atom. The van der Waals surface area contributed by atoms with Crippen LogP contribution in [-0.4, -0.2) is 30.4 Å². The van der Waals surface area contributed by atoms with Gasteiger partial charge in [-0.15, -0.1) is 0 Å². The molecule has 0 aliphatic heterocycles. The summed E-state index contributed by atoms with van der Waals surface area (Å²) in [6, 6.07) is 14.4. The van der Waals surface area contributed by atoms with Crippen molar-refractivity contribution in [3.05, 3.63) is 66.5 Å². The minimum Gasteiger partial charge on any atom is -0.326 e. The van der Waals surface area contributed by atoms with Crippen LogP contribution in [0, 0.1) is 0 Å². The fourth-order valence-corrected chi connectivity index (χ4v) is 3.43. The fourth-order valence-electron chi connectivity index (χ4n) is 2.38. The molecule has 0 atom stereocenters. The van der Waals surface area contributed by atoms with Gasteiger partial charge in [-0.05, 0) is 36.4 Å². The van der Waals surface area contributed by atoms with Crippen molar-refractivity contribution in [1.82, 2.24) is 10.2 Å². The van der Waals surface area contributed by atoms with Gasteiger partial charge >= 0.3 is 0 Å². The van der Waals surface area contributed by atoms with Crippen LogP contribution >= 0.6 is 0 Å². The van der Waals surface area contributed by atoms with E-state index in [-0.39, 0.29) is 22.2 Å². The molecule has 3 rings (SSSR count). The lowest BCUT2D eigenvalue weighted by molar-refractivity contribution is -0.114. The van der Waals surface area contributed by atoms with Gasteiger partial charge in [0.1, 0.15) is 5.69 Å². The van der Waals surface area contributed by atoms with Crippen LogP contribution < -0.4 is 15.4 Å². The number of sulfonamides is 1. The zero-order chi connectivity index (χ0) is 20.1. The number of hydrogen-bond acceptors (Lipinski definition) is 5. The van der Waals surface area contributed by atoms with E-state index in [4.69, 9.17) is 0 Å². The molecule has 10 heteroatoms. The van der Waals surface area contributed by atoms with Gasteiger partial charge in [0.2, 0.25) is 5.91 Å². The summed E-state index contributed by atoms with van der Waals surface area (Å²) in [7, 11) is -3.96. The number of H-pyrrole nitrogens is 1. The summed E-state index contributed by atoms with van der Waals surface area (Å²) < 4.78 is 27.5. The van der Waals surface area contributed by atoms with Crippen LogP contribution in [0.15, 0.2) is 65.7 Å². The number of nitrogens with one attached hydrogen (secondary N) is 4. The monoisotopic (exact) mass is 399 g/mol. The zero-order valence-corrected chi connectivity index (χ0v) is 15.6. The molecular weight excluding hydrogens is 382 g/mol. The van der Waals surface area contributed by atoms with Crippen molar-refractivity contribution in [2.24, 2.45) is 0 Å². The zero-order valence-electron chi connectivity index (χ0n) is 14.8. The van der Waals surface area contributed by atoms with Gasteiger partial charge in [0, 0.05) is 18.3 Å². The highest BCUT2D eigenvalue weighted by atomic mass is 32.2. The molecule has 0 saturated carbocycles. The van der Waals surface area contributed by atoms with E-state index in [9.17, 15) is 18.0 Å². The Labute approximate surface area is 161 Å². The molecule has 0 bridgehead atoms. The summed E-state index contributed by atoms with van der Waals surface area (Å²) in [5, 5.41) is 11.4. The van der Waals surface area contributed by atoms with Gasteiger partial charge in [-0.3, -0.25) is 19.4 Å². The molecule has 1 heterocycles. The normalized spacial score (nSPS) is 10.9. The number of aromatic nitrogens is 2. The number of rotatable bonds is 6. The van der Waals surface area contributed by atoms with Gasteiger partial charge in [0.15, 0.2) is 0 Å². The molecule has 28 heavy (non-hydrogen) atoms. The van der Waals surface area contributed by atoms with Gasteiger partial charge in [-0.25, -0.2) is 8.42 Å². The molecule has 0 fully saturated rings. The van der Waals surface area contributed by atoms with Gasteiger partial charge in [0.05, 0.1) is 16.8 Å². The summed E-state index contributed by atoms with van der Waals surface area (Å²) in [6.07, 6.45) is 1.21. The largest absolute Gasteiger partial charge is 0.326 e. The van der Waals surface area contributed by atoms with Crippen LogP contribution in [0.2, 0.25) is 0 Å². The number of para-hydroxylation sites is 1. The highest BCUT2D eigenvalue weighted by Crippen LogP contribution is 2.21. The molecule has 4 N–H and O–H groups in total. The van der Waals surface area contributed by atoms with Crippen molar-refractivity contribution in [1.29, 1.82) is 0 Å². The minimum absolute atomic E-state index is 0.0133. The Hall–Kier alpha value is -3.66. The highest BCUT2D eigenvalue weighted by Gasteiger charge is 2.20. The van der Waals surface area contributed by atoms with Crippen LogP contribution in [0.5, 0.6) is 0 Å². The van der Waals surface area contributed by atoms with Crippen LogP contribution in [0.25, 0.3) is 0 Å². The molecule has 3 aromatic rings. The van der Waals surface area contributed by atoms with Crippen LogP contribution in [0.3, 0.4) is 0 Å². The molecule has 0 aliphatic rings. The fraction of sp³-hybridized carbons (Fsp3) is 0.0556. The quantitative estimate of drug-likeness (QED) is 0.505. The van der Waals surface area contributed by atoms with Gasteiger partial charge in [-0.1, -0.05) is 18.2 Å². The second kappa shape index (κ2) is 7.92. The number of amides is 2. The number of aromatic amines is 1. The molecule has 2 aromatic carbocycles. The van der Waals surface area contributed by atoms with E-state index in [0.717, 1.165) is 0 Å². The molecule has 0 radical (unpaired) electrons. The number of carbonyl (C=O) groups excluding carboxylic acids is 2. The molecular formula is C18H17N5O4S. The summed E-state index contributed by atoms with van der Waals surface area (Å²) >= 11 is 0. The van der Waals surface area contributed by atoms with Crippen molar-refractivity contribution in [2.75, 3.05) is 15.4 Å².